The van der Waals surface area contributed by atoms with Crippen molar-refractivity contribution in [2.45, 2.75) is 13.8 Å². The van der Waals surface area contributed by atoms with Gasteiger partial charge in [-0.25, -0.2) is 13.1 Å². The number of halogens is 1. The minimum atomic E-state index is -3.23. The van der Waals surface area contributed by atoms with Gasteiger partial charge in [0.1, 0.15) is 0 Å². The number of ether oxygens (including phenoxy) is 1. The van der Waals surface area contributed by atoms with Crippen molar-refractivity contribution in [3.05, 3.63) is 12.2 Å². The highest BCUT2D eigenvalue weighted by Gasteiger charge is 2.13. The van der Waals surface area contributed by atoms with Gasteiger partial charge in [-0.2, -0.15) is 0 Å². The fourth-order valence-corrected chi connectivity index (χ4v) is 2.61. The van der Waals surface area contributed by atoms with Gasteiger partial charge in [0.2, 0.25) is 10.0 Å². The number of alkyl halides is 1. The summed E-state index contributed by atoms with van der Waals surface area (Å²) in [4.78, 5) is 0. The monoisotopic (exact) mass is 269 g/mol. The smallest absolute Gasteiger partial charge is 0.211 e. The zero-order chi connectivity index (χ0) is 12.6. The van der Waals surface area contributed by atoms with E-state index in [4.69, 9.17) is 16.3 Å². The van der Waals surface area contributed by atoms with Crippen LogP contribution in [0.15, 0.2) is 12.2 Å². The third-order valence-electron chi connectivity index (χ3n) is 1.68. The molecule has 0 spiro atoms. The molecule has 0 saturated carbocycles. The van der Waals surface area contributed by atoms with Gasteiger partial charge >= 0.3 is 0 Å². The van der Waals surface area contributed by atoms with Crippen molar-refractivity contribution in [3.8, 4) is 0 Å². The minimum absolute atomic E-state index is 0.0458. The highest BCUT2D eigenvalue weighted by atomic mass is 35.5. The zero-order valence-corrected chi connectivity index (χ0v) is 11.4. The lowest BCUT2D eigenvalue weighted by Crippen LogP contribution is -2.32. The van der Waals surface area contributed by atoms with Gasteiger partial charge in [-0.1, -0.05) is 19.1 Å². The van der Waals surface area contributed by atoms with E-state index in [2.05, 4.69) is 11.3 Å². The van der Waals surface area contributed by atoms with E-state index in [1.54, 1.807) is 6.92 Å². The van der Waals surface area contributed by atoms with E-state index in [1.165, 1.54) is 0 Å². The first kappa shape index (κ1) is 15.9. The second kappa shape index (κ2) is 8.06. The Morgan fingerprint density at radius 3 is 2.69 bits per heavy atom. The van der Waals surface area contributed by atoms with E-state index in [0.717, 1.165) is 5.57 Å². The van der Waals surface area contributed by atoms with Crippen molar-refractivity contribution in [1.82, 2.24) is 4.72 Å². The van der Waals surface area contributed by atoms with Gasteiger partial charge in [-0.15, -0.1) is 11.6 Å². The SMILES string of the molecule is C=C(C)COCCNS(=O)(=O)CC(C)CCl. The summed E-state index contributed by atoms with van der Waals surface area (Å²) >= 11 is 5.55. The first-order valence-electron chi connectivity index (χ1n) is 5.13. The molecule has 0 bridgehead atoms. The van der Waals surface area contributed by atoms with Gasteiger partial charge in [0.25, 0.3) is 0 Å². The van der Waals surface area contributed by atoms with Crippen LogP contribution < -0.4 is 4.72 Å². The molecule has 0 amide bonds. The molecule has 1 atom stereocenters. The molecule has 0 radical (unpaired) electrons. The molecule has 0 aromatic heterocycles. The van der Waals surface area contributed by atoms with E-state index >= 15 is 0 Å². The highest BCUT2D eigenvalue weighted by Crippen LogP contribution is 2.01. The van der Waals surface area contributed by atoms with Gasteiger partial charge in [0, 0.05) is 12.4 Å². The van der Waals surface area contributed by atoms with Gasteiger partial charge < -0.3 is 4.74 Å². The Kier molecular flexibility index (Phi) is 8.01. The average molecular weight is 270 g/mol. The van der Waals surface area contributed by atoms with Crippen molar-refractivity contribution >= 4 is 21.6 Å². The molecule has 1 unspecified atom stereocenters. The van der Waals surface area contributed by atoms with Crippen molar-refractivity contribution in [3.63, 3.8) is 0 Å². The van der Waals surface area contributed by atoms with Crippen LogP contribution in [-0.4, -0.2) is 39.8 Å². The standard InChI is InChI=1S/C10H20ClNO3S/c1-9(2)7-15-5-4-12-16(13,14)8-10(3)6-11/h10,12H,1,4-8H2,2-3H3. The maximum Gasteiger partial charge on any atom is 0.211 e. The normalized spacial score (nSPS) is 13.7. The summed E-state index contributed by atoms with van der Waals surface area (Å²) in [6.07, 6.45) is 0. The van der Waals surface area contributed by atoms with Gasteiger partial charge in [-0.3, -0.25) is 0 Å². The van der Waals surface area contributed by atoms with Gasteiger partial charge in [0.15, 0.2) is 0 Å². The van der Waals surface area contributed by atoms with Crippen LogP contribution >= 0.6 is 11.6 Å². The summed E-state index contributed by atoms with van der Waals surface area (Å²) < 4.78 is 30.5. The third kappa shape index (κ3) is 9.15. The molecule has 0 aliphatic heterocycles. The number of sulfonamides is 1. The molecule has 0 aromatic rings. The predicted octanol–water partition coefficient (Wildman–Crippen LogP) is 1.37. The first-order chi connectivity index (χ1) is 7.37. The van der Waals surface area contributed by atoms with Crippen LogP contribution in [0.3, 0.4) is 0 Å². The molecule has 6 heteroatoms. The van der Waals surface area contributed by atoms with E-state index in [0.29, 0.717) is 19.1 Å². The summed E-state index contributed by atoms with van der Waals surface area (Å²) in [6.45, 7) is 8.41. The lowest BCUT2D eigenvalue weighted by molar-refractivity contribution is 0.162. The van der Waals surface area contributed by atoms with Crippen LogP contribution in [0.2, 0.25) is 0 Å². The van der Waals surface area contributed by atoms with Crippen molar-refractivity contribution < 1.29 is 13.2 Å². The molecule has 0 aliphatic rings. The van der Waals surface area contributed by atoms with E-state index in [9.17, 15) is 8.42 Å². The Bertz CT molecular complexity index is 303. The molecule has 0 rings (SSSR count). The lowest BCUT2D eigenvalue weighted by Gasteiger charge is -2.10. The summed E-state index contributed by atoms with van der Waals surface area (Å²) in [5.74, 6) is 0.347. The maximum absolute atomic E-state index is 11.5. The van der Waals surface area contributed by atoms with Crippen LogP contribution in [0, 0.1) is 5.92 Å². The number of hydrogen-bond donors (Lipinski definition) is 1. The molecular formula is C10H20ClNO3S. The molecule has 0 aliphatic carbocycles. The molecule has 0 saturated heterocycles. The van der Waals surface area contributed by atoms with Gasteiger partial charge in [0.05, 0.1) is 19.0 Å². The molecule has 0 fully saturated rings. The van der Waals surface area contributed by atoms with Crippen LogP contribution in [0.1, 0.15) is 13.8 Å². The predicted molar refractivity (Wildman–Crippen MR) is 67.3 cm³/mol. The summed E-state index contributed by atoms with van der Waals surface area (Å²) in [6, 6.07) is 0. The first-order valence-corrected chi connectivity index (χ1v) is 7.31. The number of nitrogens with one attached hydrogen (secondary N) is 1. The Labute approximate surface area is 103 Å². The van der Waals surface area contributed by atoms with Gasteiger partial charge in [-0.05, 0) is 12.8 Å². The highest BCUT2D eigenvalue weighted by molar-refractivity contribution is 7.89. The van der Waals surface area contributed by atoms with E-state index in [-0.39, 0.29) is 18.2 Å². The van der Waals surface area contributed by atoms with E-state index < -0.39 is 10.0 Å². The molecule has 16 heavy (non-hydrogen) atoms. The number of hydrogen-bond acceptors (Lipinski definition) is 3. The fourth-order valence-electron chi connectivity index (χ4n) is 0.994. The van der Waals surface area contributed by atoms with Crippen molar-refractivity contribution in [1.29, 1.82) is 0 Å². The Hall–Kier alpha value is -0.100. The lowest BCUT2D eigenvalue weighted by atomic mass is 10.3. The Morgan fingerprint density at radius 2 is 2.19 bits per heavy atom. The third-order valence-corrected chi connectivity index (χ3v) is 3.86. The number of rotatable bonds is 9. The second-order valence-corrected chi connectivity index (χ2v) is 6.11. The zero-order valence-electron chi connectivity index (χ0n) is 9.83. The van der Waals surface area contributed by atoms with Crippen LogP contribution in [0.5, 0.6) is 0 Å². The summed E-state index contributed by atoms with van der Waals surface area (Å²) in [5, 5.41) is 0. The summed E-state index contributed by atoms with van der Waals surface area (Å²) in [5.41, 5.74) is 0.915. The molecule has 4 nitrogen and oxygen atoms in total. The Morgan fingerprint density at radius 1 is 1.56 bits per heavy atom. The van der Waals surface area contributed by atoms with Crippen LogP contribution in [0.25, 0.3) is 0 Å². The average Bonchev–Trinajstić information content (AvgIpc) is 2.15. The van der Waals surface area contributed by atoms with Crippen LogP contribution in [0.4, 0.5) is 0 Å². The molecule has 96 valence electrons. The molecule has 1 N–H and O–H groups in total. The summed E-state index contributed by atoms with van der Waals surface area (Å²) in [7, 11) is -3.23. The molecular weight excluding hydrogens is 250 g/mol. The van der Waals surface area contributed by atoms with Crippen molar-refractivity contribution in [2.75, 3.05) is 31.4 Å². The minimum Gasteiger partial charge on any atom is -0.376 e. The van der Waals surface area contributed by atoms with Crippen molar-refractivity contribution in [2.24, 2.45) is 5.92 Å². The van der Waals surface area contributed by atoms with E-state index in [1.807, 2.05) is 6.92 Å². The molecule has 0 heterocycles. The molecule has 0 aromatic carbocycles. The van der Waals surface area contributed by atoms with Crippen LogP contribution in [-0.2, 0) is 14.8 Å². The topological polar surface area (TPSA) is 55.4 Å². The Balaban J connectivity index is 3.70. The quantitative estimate of drug-likeness (QED) is 0.391. The maximum atomic E-state index is 11.5. The fraction of sp³-hybridized carbons (Fsp3) is 0.800. The largest absolute Gasteiger partial charge is 0.376 e. The second-order valence-electron chi connectivity index (χ2n) is 3.94.